The van der Waals surface area contributed by atoms with Crippen molar-refractivity contribution in [2.24, 2.45) is 5.11 Å². The molecule has 0 heterocycles. The lowest BCUT2D eigenvalue weighted by molar-refractivity contribution is -0.143. The van der Waals surface area contributed by atoms with E-state index >= 15 is 0 Å². The fraction of sp³-hybridized carbons (Fsp3) is 0.933. The van der Waals surface area contributed by atoms with Gasteiger partial charge in [-0.2, -0.15) is 0 Å². The van der Waals surface area contributed by atoms with Crippen LogP contribution in [0.1, 0.15) is 26.2 Å². The average Bonchev–Trinajstić information content (AvgIpc) is 2.58. The van der Waals surface area contributed by atoms with Crippen LogP contribution in [0.5, 0.6) is 0 Å². The van der Waals surface area contributed by atoms with Gasteiger partial charge in [0.05, 0.1) is 46.2 Å². The number of nitrogens with one attached hydrogen (secondary N) is 1. The minimum absolute atomic E-state index is 0.123. The van der Waals surface area contributed by atoms with Gasteiger partial charge in [-0.05, 0) is 31.8 Å². The Bertz CT molecular complexity index is 338. The van der Waals surface area contributed by atoms with E-state index in [9.17, 15) is 4.79 Å². The summed E-state index contributed by atoms with van der Waals surface area (Å²) < 4.78 is 20.8. The van der Waals surface area contributed by atoms with Crippen molar-refractivity contribution in [3.8, 4) is 0 Å². The smallest absolute Gasteiger partial charge is 0.305 e. The summed E-state index contributed by atoms with van der Waals surface area (Å²) in [4.78, 5) is 13.7. The van der Waals surface area contributed by atoms with Gasteiger partial charge < -0.3 is 24.3 Å². The first-order valence-electron chi connectivity index (χ1n) is 8.41. The Labute approximate surface area is 143 Å². The highest BCUT2D eigenvalue weighted by Gasteiger charge is 2.00. The minimum atomic E-state index is -0.123. The molecule has 0 fully saturated rings. The molecule has 0 atom stereocenters. The van der Waals surface area contributed by atoms with E-state index in [0.717, 1.165) is 25.9 Å². The molecular weight excluding hydrogens is 316 g/mol. The van der Waals surface area contributed by atoms with Crippen molar-refractivity contribution in [1.82, 2.24) is 5.32 Å². The molecule has 0 amide bonds. The third-order valence-corrected chi connectivity index (χ3v) is 2.86. The lowest BCUT2D eigenvalue weighted by Crippen LogP contribution is -2.22. The van der Waals surface area contributed by atoms with Gasteiger partial charge in [-0.3, -0.25) is 4.79 Å². The van der Waals surface area contributed by atoms with E-state index in [0.29, 0.717) is 59.2 Å². The van der Waals surface area contributed by atoms with E-state index in [1.165, 1.54) is 0 Å². The summed E-state index contributed by atoms with van der Waals surface area (Å²) in [6, 6.07) is 0. The molecule has 9 heteroatoms. The number of carbonyl (C=O) groups is 1. The van der Waals surface area contributed by atoms with Gasteiger partial charge in [-0.15, -0.1) is 0 Å². The maximum absolute atomic E-state index is 11.1. The first-order chi connectivity index (χ1) is 11.8. The minimum Gasteiger partial charge on any atom is -0.466 e. The van der Waals surface area contributed by atoms with Crippen molar-refractivity contribution < 1.29 is 23.7 Å². The van der Waals surface area contributed by atoms with Gasteiger partial charge in [0.2, 0.25) is 0 Å². The molecule has 0 aromatic heterocycles. The fourth-order valence-electron chi connectivity index (χ4n) is 1.71. The zero-order valence-electron chi connectivity index (χ0n) is 14.6. The highest BCUT2D eigenvalue weighted by Crippen LogP contribution is 1.96. The van der Waals surface area contributed by atoms with Crippen LogP contribution in [0.25, 0.3) is 10.4 Å². The predicted molar refractivity (Wildman–Crippen MR) is 89.8 cm³/mol. The molecule has 0 rings (SSSR count). The van der Waals surface area contributed by atoms with Crippen LogP contribution in [-0.2, 0) is 23.7 Å². The summed E-state index contributed by atoms with van der Waals surface area (Å²) in [5, 5.41) is 6.61. The Hall–Kier alpha value is -1.38. The molecule has 0 aliphatic rings. The van der Waals surface area contributed by atoms with Crippen LogP contribution in [0, 0.1) is 0 Å². The van der Waals surface area contributed by atoms with Gasteiger partial charge in [0, 0.05) is 24.4 Å². The van der Waals surface area contributed by atoms with Crippen LogP contribution in [0.2, 0.25) is 0 Å². The van der Waals surface area contributed by atoms with Gasteiger partial charge in [0.1, 0.15) is 0 Å². The van der Waals surface area contributed by atoms with Crippen molar-refractivity contribution in [3.05, 3.63) is 10.4 Å². The largest absolute Gasteiger partial charge is 0.466 e. The van der Waals surface area contributed by atoms with E-state index < -0.39 is 0 Å². The van der Waals surface area contributed by atoms with E-state index in [-0.39, 0.29) is 5.97 Å². The maximum atomic E-state index is 11.1. The lowest BCUT2D eigenvalue weighted by Gasteiger charge is -2.07. The number of rotatable bonds is 18. The van der Waals surface area contributed by atoms with Crippen molar-refractivity contribution in [2.45, 2.75) is 26.2 Å². The standard InChI is InChI=1S/C15H30N4O5/c1-2-24-15(20)5-3-4-6-17-7-9-21-11-13-23-14-12-22-10-8-18-19-16/h17H,2-14H2,1H3. The van der Waals surface area contributed by atoms with E-state index in [2.05, 4.69) is 15.3 Å². The molecule has 0 spiro atoms. The summed E-state index contributed by atoms with van der Waals surface area (Å²) in [5.41, 5.74) is 8.06. The topological polar surface area (TPSA) is 115 Å². The normalized spacial score (nSPS) is 10.4. The van der Waals surface area contributed by atoms with E-state index in [1.54, 1.807) is 0 Å². The molecule has 0 bridgehead atoms. The maximum Gasteiger partial charge on any atom is 0.305 e. The third-order valence-electron chi connectivity index (χ3n) is 2.86. The zero-order chi connectivity index (χ0) is 17.7. The molecule has 0 aliphatic carbocycles. The Morgan fingerprint density at radius 1 is 1.00 bits per heavy atom. The van der Waals surface area contributed by atoms with Crippen LogP contribution in [0.15, 0.2) is 5.11 Å². The summed E-state index contributed by atoms with van der Waals surface area (Å²) in [5.74, 6) is -0.123. The third kappa shape index (κ3) is 18.7. The average molecular weight is 346 g/mol. The second kappa shape index (κ2) is 19.7. The molecule has 140 valence electrons. The second-order valence-corrected chi connectivity index (χ2v) is 4.80. The van der Waals surface area contributed by atoms with Gasteiger partial charge >= 0.3 is 5.97 Å². The van der Waals surface area contributed by atoms with Crippen molar-refractivity contribution in [1.29, 1.82) is 0 Å². The molecule has 9 nitrogen and oxygen atoms in total. The molecule has 0 unspecified atom stereocenters. The summed E-state index contributed by atoms with van der Waals surface area (Å²) in [6.45, 7) is 7.34. The van der Waals surface area contributed by atoms with Gasteiger partial charge in [-0.1, -0.05) is 5.11 Å². The number of esters is 1. The van der Waals surface area contributed by atoms with Crippen LogP contribution in [-0.4, -0.2) is 71.9 Å². The lowest BCUT2D eigenvalue weighted by atomic mass is 10.2. The van der Waals surface area contributed by atoms with Crippen LogP contribution < -0.4 is 5.32 Å². The van der Waals surface area contributed by atoms with E-state index in [1.807, 2.05) is 6.92 Å². The summed E-state index contributed by atoms with van der Waals surface area (Å²) >= 11 is 0. The zero-order valence-corrected chi connectivity index (χ0v) is 14.6. The van der Waals surface area contributed by atoms with Crippen LogP contribution in [0.4, 0.5) is 0 Å². The molecule has 0 radical (unpaired) electrons. The molecule has 0 saturated heterocycles. The first-order valence-corrected chi connectivity index (χ1v) is 8.41. The van der Waals surface area contributed by atoms with Crippen molar-refractivity contribution in [3.63, 3.8) is 0 Å². The Kier molecular flexibility index (Phi) is 18.5. The van der Waals surface area contributed by atoms with E-state index in [4.69, 9.17) is 24.5 Å². The van der Waals surface area contributed by atoms with Crippen LogP contribution in [0.3, 0.4) is 0 Å². The van der Waals surface area contributed by atoms with Gasteiger partial charge in [0.15, 0.2) is 0 Å². The van der Waals surface area contributed by atoms with Gasteiger partial charge in [-0.25, -0.2) is 0 Å². The summed E-state index contributed by atoms with van der Waals surface area (Å²) in [6.07, 6.45) is 2.27. The second-order valence-electron chi connectivity index (χ2n) is 4.80. The molecule has 1 N–H and O–H groups in total. The summed E-state index contributed by atoms with van der Waals surface area (Å²) in [7, 11) is 0. The quantitative estimate of drug-likeness (QED) is 0.133. The Morgan fingerprint density at radius 3 is 2.33 bits per heavy atom. The number of hydrogen-bond donors (Lipinski definition) is 1. The number of unbranched alkanes of at least 4 members (excludes halogenated alkanes) is 1. The molecule has 0 aromatic rings. The molecule has 24 heavy (non-hydrogen) atoms. The number of azide groups is 1. The predicted octanol–water partition coefficient (Wildman–Crippen LogP) is 1.67. The number of ether oxygens (including phenoxy) is 4. The van der Waals surface area contributed by atoms with Crippen LogP contribution >= 0.6 is 0 Å². The number of nitrogens with zero attached hydrogens (tertiary/aromatic N) is 3. The van der Waals surface area contributed by atoms with Gasteiger partial charge in [0.25, 0.3) is 0 Å². The highest BCUT2D eigenvalue weighted by atomic mass is 16.5. The first kappa shape index (κ1) is 22.6. The molecule has 0 saturated carbocycles. The van der Waals surface area contributed by atoms with Crippen molar-refractivity contribution in [2.75, 3.05) is 65.9 Å². The SMILES string of the molecule is CCOC(=O)CCCCNCCOCCOCCOCCN=[N+]=[N-]. The Balaban J connectivity index is 3.05. The number of hydrogen-bond acceptors (Lipinski definition) is 7. The van der Waals surface area contributed by atoms with Crippen molar-refractivity contribution >= 4 is 5.97 Å². The molecule has 0 aliphatic heterocycles. The number of carbonyl (C=O) groups excluding carboxylic acids is 1. The fourth-order valence-corrected chi connectivity index (χ4v) is 1.71. The molecular formula is C15H30N4O5. The molecule has 0 aromatic carbocycles. The highest BCUT2D eigenvalue weighted by molar-refractivity contribution is 5.69. The Morgan fingerprint density at radius 2 is 1.67 bits per heavy atom. The monoisotopic (exact) mass is 346 g/mol.